The van der Waals surface area contributed by atoms with Gasteiger partial charge in [-0.1, -0.05) is 12.1 Å². The Kier molecular flexibility index (Phi) is 5.19. The highest BCUT2D eigenvalue weighted by atomic mass is 16.7. The molecule has 0 spiro atoms. The number of esters is 1. The van der Waals surface area contributed by atoms with Crippen molar-refractivity contribution in [2.75, 3.05) is 21.0 Å². The maximum atomic E-state index is 13.1. The Balaban J connectivity index is 2.01. The van der Waals surface area contributed by atoms with Crippen LogP contribution in [0.4, 0.5) is 0 Å². The zero-order valence-corrected chi connectivity index (χ0v) is 14.2. The maximum absolute atomic E-state index is 13.1. The average molecular weight is 356 g/mol. The molecule has 1 heterocycles. The highest BCUT2D eigenvalue weighted by Crippen LogP contribution is 2.40. The molecular formula is C19H16O7. The highest BCUT2D eigenvalue weighted by Gasteiger charge is 2.25. The lowest BCUT2D eigenvalue weighted by Gasteiger charge is -2.18. The molecule has 1 aliphatic rings. The molecule has 7 heteroatoms. The van der Waals surface area contributed by atoms with E-state index < -0.39 is 5.97 Å². The second kappa shape index (κ2) is 7.71. The van der Waals surface area contributed by atoms with Crippen LogP contribution in [0.3, 0.4) is 0 Å². The number of rotatable bonds is 6. The van der Waals surface area contributed by atoms with Crippen molar-refractivity contribution in [3.63, 3.8) is 0 Å². The topological polar surface area (TPSA) is 80.3 Å². The fourth-order valence-electron chi connectivity index (χ4n) is 2.43. The maximum Gasteiger partial charge on any atom is 0.337 e. The van der Waals surface area contributed by atoms with E-state index in [1.54, 1.807) is 12.1 Å². The molecule has 0 saturated carbocycles. The van der Waals surface area contributed by atoms with Crippen LogP contribution in [0.15, 0.2) is 48.9 Å². The average Bonchev–Trinajstić information content (AvgIpc) is 2.70. The summed E-state index contributed by atoms with van der Waals surface area (Å²) in [6, 6.07) is 9.35. The number of ether oxygens (including phenoxy) is 5. The fraction of sp³-hybridized carbons (Fsp3) is 0.158. The molecule has 26 heavy (non-hydrogen) atoms. The number of carbonyl (C=O) groups is 2. The Labute approximate surface area is 149 Å². The van der Waals surface area contributed by atoms with E-state index in [0.717, 1.165) is 0 Å². The summed E-state index contributed by atoms with van der Waals surface area (Å²) in [7, 11) is 2.77. The molecule has 0 radical (unpaired) electrons. The van der Waals surface area contributed by atoms with Crippen LogP contribution >= 0.6 is 0 Å². The monoisotopic (exact) mass is 356 g/mol. The van der Waals surface area contributed by atoms with Crippen LogP contribution in [0.1, 0.15) is 26.3 Å². The number of ketones is 1. The first-order valence-electron chi connectivity index (χ1n) is 7.66. The molecule has 0 aromatic heterocycles. The highest BCUT2D eigenvalue weighted by molar-refractivity contribution is 6.13. The van der Waals surface area contributed by atoms with Gasteiger partial charge in [0.2, 0.25) is 5.78 Å². The second-order valence-corrected chi connectivity index (χ2v) is 5.22. The summed E-state index contributed by atoms with van der Waals surface area (Å²) in [6.45, 7) is -0.0307. The first-order chi connectivity index (χ1) is 12.7. The molecule has 1 aliphatic heterocycles. The lowest BCUT2D eigenvalue weighted by atomic mass is 9.99. The van der Waals surface area contributed by atoms with E-state index in [-0.39, 0.29) is 23.9 Å². The Morgan fingerprint density at radius 2 is 1.62 bits per heavy atom. The molecule has 7 nitrogen and oxygen atoms in total. The third-order valence-electron chi connectivity index (χ3n) is 3.65. The predicted molar refractivity (Wildman–Crippen MR) is 90.6 cm³/mol. The lowest BCUT2D eigenvalue weighted by molar-refractivity contribution is 0.0500. The Morgan fingerprint density at radius 3 is 2.31 bits per heavy atom. The molecule has 0 fully saturated rings. The van der Waals surface area contributed by atoms with Crippen LogP contribution in [0.5, 0.6) is 17.2 Å². The van der Waals surface area contributed by atoms with E-state index in [1.165, 1.54) is 51.0 Å². The van der Waals surface area contributed by atoms with Gasteiger partial charge in [-0.05, 0) is 24.3 Å². The van der Waals surface area contributed by atoms with E-state index in [4.69, 9.17) is 18.9 Å². The first-order valence-corrected chi connectivity index (χ1v) is 7.66. The van der Waals surface area contributed by atoms with Gasteiger partial charge in [0.1, 0.15) is 23.8 Å². The van der Waals surface area contributed by atoms with E-state index in [1.807, 2.05) is 0 Å². The van der Waals surface area contributed by atoms with Crippen LogP contribution in [-0.4, -0.2) is 32.8 Å². The van der Waals surface area contributed by atoms with Crippen molar-refractivity contribution < 1.29 is 33.3 Å². The summed E-state index contributed by atoms with van der Waals surface area (Å²) >= 11 is 0. The smallest absolute Gasteiger partial charge is 0.337 e. The second-order valence-electron chi connectivity index (χ2n) is 5.22. The summed E-state index contributed by atoms with van der Waals surface area (Å²) in [5.41, 5.74) is 0.902. The minimum Gasteiger partial charge on any atom is -0.467 e. The van der Waals surface area contributed by atoms with Gasteiger partial charge in [0.25, 0.3) is 0 Å². The number of fused-ring (bicyclic) bond motifs is 1. The predicted octanol–water partition coefficient (Wildman–Crippen LogP) is 2.93. The van der Waals surface area contributed by atoms with Gasteiger partial charge in [-0.3, -0.25) is 4.79 Å². The largest absolute Gasteiger partial charge is 0.467 e. The van der Waals surface area contributed by atoms with Gasteiger partial charge < -0.3 is 23.7 Å². The molecular weight excluding hydrogens is 340 g/mol. The van der Waals surface area contributed by atoms with Crippen LogP contribution in [0, 0.1) is 0 Å². The van der Waals surface area contributed by atoms with Gasteiger partial charge in [0, 0.05) is 12.7 Å². The summed E-state index contributed by atoms with van der Waals surface area (Å²) < 4.78 is 25.9. The Hall–Kier alpha value is -3.32. The van der Waals surface area contributed by atoms with Crippen molar-refractivity contribution in [3.8, 4) is 17.2 Å². The summed E-state index contributed by atoms with van der Waals surface area (Å²) in [5.74, 6) is 0.122. The summed E-state index contributed by atoms with van der Waals surface area (Å²) in [4.78, 5) is 24.6. The molecule has 0 atom stereocenters. The first kappa shape index (κ1) is 17.5. The standard InChI is InChI=1S/C19H16O7/c1-22-11-26-14-7-8-15-18(25-10-9-24-15)16(14)17(20)12-3-5-13(6-4-12)19(21)23-2/h3-10H,11H2,1-2H3. The van der Waals surface area contributed by atoms with Crippen molar-refractivity contribution in [2.45, 2.75) is 0 Å². The minimum absolute atomic E-state index is 0.0307. The molecule has 0 saturated heterocycles. The van der Waals surface area contributed by atoms with Gasteiger partial charge in [0.05, 0.1) is 12.7 Å². The van der Waals surface area contributed by atoms with Crippen LogP contribution < -0.4 is 14.2 Å². The zero-order valence-electron chi connectivity index (χ0n) is 14.2. The lowest BCUT2D eigenvalue weighted by Crippen LogP contribution is -2.11. The minimum atomic E-state index is -0.480. The molecule has 0 amide bonds. The molecule has 0 unspecified atom stereocenters. The third-order valence-corrected chi connectivity index (χ3v) is 3.65. The zero-order chi connectivity index (χ0) is 18.5. The van der Waals surface area contributed by atoms with Gasteiger partial charge >= 0.3 is 5.97 Å². The molecule has 0 bridgehead atoms. The van der Waals surface area contributed by atoms with Gasteiger partial charge in [-0.2, -0.15) is 0 Å². The van der Waals surface area contributed by atoms with Crippen molar-refractivity contribution in [3.05, 3.63) is 65.6 Å². The molecule has 0 N–H and O–H groups in total. The van der Waals surface area contributed by atoms with Crippen molar-refractivity contribution >= 4 is 11.8 Å². The molecule has 0 aliphatic carbocycles. The van der Waals surface area contributed by atoms with Crippen LogP contribution in [0.2, 0.25) is 0 Å². The molecule has 2 aromatic rings. The van der Waals surface area contributed by atoms with Crippen molar-refractivity contribution in [2.24, 2.45) is 0 Å². The van der Waals surface area contributed by atoms with E-state index in [0.29, 0.717) is 22.6 Å². The number of benzene rings is 2. The normalized spacial score (nSPS) is 11.8. The van der Waals surface area contributed by atoms with Crippen LogP contribution in [-0.2, 0) is 9.47 Å². The number of methoxy groups -OCH3 is 2. The van der Waals surface area contributed by atoms with Gasteiger partial charge in [0.15, 0.2) is 18.3 Å². The van der Waals surface area contributed by atoms with E-state index >= 15 is 0 Å². The molecule has 3 rings (SSSR count). The van der Waals surface area contributed by atoms with E-state index in [2.05, 4.69) is 4.74 Å². The number of hydrogen-bond donors (Lipinski definition) is 0. The number of carbonyl (C=O) groups excluding carboxylic acids is 2. The Bertz CT molecular complexity index is 853. The molecule has 134 valence electrons. The molecule has 2 aromatic carbocycles. The third kappa shape index (κ3) is 3.38. The van der Waals surface area contributed by atoms with Gasteiger partial charge in [-0.25, -0.2) is 4.79 Å². The summed E-state index contributed by atoms with van der Waals surface area (Å²) in [5, 5.41) is 0. The summed E-state index contributed by atoms with van der Waals surface area (Å²) in [6.07, 6.45) is 2.71. The van der Waals surface area contributed by atoms with Crippen LogP contribution in [0.25, 0.3) is 0 Å². The van der Waals surface area contributed by atoms with Gasteiger partial charge in [-0.15, -0.1) is 0 Å². The van der Waals surface area contributed by atoms with Crippen molar-refractivity contribution in [1.29, 1.82) is 0 Å². The van der Waals surface area contributed by atoms with E-state index in [9.17, 15) is 9.59 Å². The quantitative estimate of drug-likeness (QED) is 0.447. The number of hydrogen-bond acceptors (Lipinski definition) is 7. The SMILES string of the molecule is COCOc1ccc2c(c1C(=O)c1ccc(C(=O)OC)cc1)OC=CO2. The van der Waals surface area contributed by atoms with Crippen molar-refractivity contribution in [1.82, 2.24) is 0 Å². The fourth-order valence-corrected chi connectivity index (χ4v) is 2.43. The Morgan fingerprint density at radius 1 is 0.923 bits per heavy atom.